The van der Waals surface area contributed by atoms with Crippen LogP contribution < -0.4 is 0 Å². The first kappa shape index (κ1) is 7.96. The molecule has 48 valence electrons. The van der Waals surface area contributed by atoms with Gasteiger partial charge in [-0.05, 0) is 5.04 Å². The van der Waals surface area contributed by atoms with Crippen molar-refractivity contribution >= 4 is 8.80 Å². The van der Waals surface area contributed by atoms with Gasteiger partial charge in [0, 0.05) is 8.80 Å². The summed E-state index contributed by atoms with van der Waals surface area (Å²) in [6, 6.07) is 0. The van der Waals surface area contributed by atoms with Crippen LogP contribution in [0.4, 0.5) is 0 Å². The number of rotatable bonds is 2. The average Bonchev–Trinajstić information content (AvgIpc) is 1.67. The van der Waals surface area contributed by atoms with Crippen LogP contribution in [-0.2, 0) is 0 Å². The van der Waals surface area contributed by atoms with E-state index in [9.17, 15) is 0 Å². The van der Waals surface area contributed by atoms with Crippen LogP contribution in [0.5, 0.6) is 0 Å². The van der Waals surface area contributed by atoms with Gasteiger partial charge in [0.1, 0.15) is 0 Å². The van der Waals surface area contributed by atoms with Crippen molar-refractivity contribution in [2.75, 3.05) is 0 Å². The molecule has 0 saturated heterocycles. The summed E-state index contributed by atoms with van der Waals surface area (Å²) in [6.07, 6.45) is 2.07. The Bertz CT molecular complexity index is 82.4. The van der Waals surface area contributed by atoms with Gasteiger partial charge in [-0.15, -0.1) is 6.58 Å². The first-order valence-electron chi connectivity index (χ1n) is 3.14. The van der Waals surface area contributed by atoms with Gasteiger partial charge in [0.05, 0.1) is 0 Å². The summed E-state index contributed by atoms with van der Waals surface area (Å²) in [6.45, 7) is 13.0. The second-order valence-electron chi connectivity index (χ2n) is 3.18. The number of allylic oxidation sites excluding steroid dienone is 1. The first-order chi connectivity index (χ1) is 3.50. The summed E-state index contributed by atoms with van der Waals surface area (Å²) in [4.78, 5) is 0. The predicted molar refractivity (Wildman–Crippen MR) is 43.1 cm³/mol. The quantitative estimate of drug-likeness (QED) is 0.396. The van der Waals surface area contributed by atoms with Crippen LogP contribution in [0.3, 0.4) is 0 Å². The second-order valence-corrected chi connectivity index (χ2v) is 6.98. The van der Waals surface area contributed by atoms with E-state index >= 15 is 0 Å². The maximum Gasteiger partial charge on any atom is 0.0412 e. The van der Waals surface area contributed by atoms with Crippen LogP contribution in [0.15, 0.2) is 12.7 Å². The van der Waals surface area contributed by atoms with E-state index in [1.807, 2.05) is 0 Å². The van der Waals surface area contributed by atoms with Gasteiger partial charge < -0.3 is 0 Å². The summed E-state index contributed by atoms with van der Waals surface area (Å²) in [5, 5.41) is 0.444. The highest BCUT2D eigenvalue weighted by Crippen LogP contribution is 2.28. The summed E-state index contributed by atoms with van der Waals surface area (Å²) in [5.41, 5.74) is 0. The number of hydrogen-bond acceptors (Lipinski definition) is 0. The zero-order valence-electron chi connectivity index (χ0n) is 6.36. The Labute approximate surface area is 54.2 Å². The normalized spacial score (nSPS) is 12.1. The molecular formula is C7H16Si. The van der Waals surface area contributed by atoms with Crippen molar-refractivity contribution < 1.29 is 0 Å². The molecule has 0 heterocycles. The monoisotopic (exact) mass is 128 g/mol. The molecule has 0 nitrogen and oxygen atoms in total. The fraction of sp³-hybridized carbons (Fsp3) is 0.714. The van der Waals surface area contributed by atoms with Crippen LogP contribution in [0.25, 0.3) is 0 Å². The Morgan fingerprint density at radius 1 is 1.38 bits per heavy atom. The fourth-order valence-electron chi connectivity index (χ4n) is 0.236. The predicted octanol–water partition coefficient (Wildman–Crippen LogP) is 2.44. The van der Waals surface area contributed by atoms with Crippen LogP contribution in [-0.4, -0.2) is 8.80 Å². The summed E-state index contributed by atoms with van der Waals surface area (Å²) in [7, 11) is -0.498. The molecule has 0 aliphatic carbocycles. The topological polar surface area (TPSA) is 0 Å². The molecule has 0 aromatic carbocycles. The standard InChI is InChI=1S/C7H16Si/c1-6-7(2,3)8(4)5/h6,8H,1H2,2-5H3. The molecule has 0 aliphatic rings. The molecule has 0 radical (unpaired) electrons. The van der Waals surface area contributed by atoms with E-state index in [0.29, 0.717) is 5.04 Å². The van der Waals surface area contributed by atoms with Crippen molar-refractivity contribution in [1.29, 1.82) is 0 Å². The van der Waals surface area contributed by atoms with Crippen molar-refractivity contribution in [3.8, 4) is 0 Å². The Morgan fingerprint density at radius 3 is 1.75 bits per heavy atom. The van der Waals surface area contributed by atoms with Crippen molar-refractivity contribution in [3.63, 3.8) is 0 Å². The minimum absolute atomic E-state index is 0.444. The maximum atomic E-state index is 3.79. The fourth-order valence-corrected chi connectivity index (χ4v) is 0.707. The largest absolute Gasteiger partial charge is 0.103 e. The lowest BCUT2D eigenvalue weighted by Gasteiger charge is -2.22. The third-order valence-corrected chi connectivity index (χ3v) is 5.23. The van der Waals surface area contributed by atoms with Gasteiger partial charge in [-0.2, -0.15) is 0 Å². The van der Waals surface area contributed by atoms with Gasteiger partial charge in [-0.25, -0.2) is 0 Å². The average molecular weight is 128 g/mol. The van der Waals surface area contributed by atoms with Crippen LogP contribution in [0.2, 0.25) is 18.1 Å². The van der Waals surface area contributed by atoms with Gasteiger partial charge in [-0.3, -0.25) is 0 Å². The van der Waals surface area contributed by atoms with Crippen LogP contribution in [0.1, 0.15) is 13.8 Å². The van der Waals surface area contributed by atoms with E-state index in [4.69, 9.17) is 0 Å². The van der Waals surface area contributed by atoms with E-state index in [1.54, 1.807) is 0 Å². The summed E-state index contributed by atoms with van der Waals surface area (Å²) in [5.74, 6) is 0. The highest BCUT2D eigenvalue weighted by Gasteiger charge is 2.17. The molecule has 0 aromatic heterocycles. The molecule has 0 bridgehead atoms. The van der Waals surface area contributed by atoms with Crippen LogP contribution in [0, 0.1) is 0 Å². The highest BCUT2D eigenvalue weighted by molar-refractivity contribution is 6.59. The van der Waals surface area contributed by atoms with Gasteiger partial charge in [0.25, 0.3) is 0 Å². The van der Waals surface area contributed by atoms with Crippen molar-refractivity contribution in [3.05, 3.63) is 12.7 Å². The first-order valence-corrected chi connectivity index (χ1v) is 6.03. The molecule has 0 atom stereocenters. The SMILES string of the molecule is C=CC(C)(C)[SiH](C)C. The van der Waals surface area contributed by atoms with Crippen LogP contribution >= 0.6 is 0 Å². The molecule has 0 amide bonds. The summed E-state index contributed by atoms with van der Waals surface area (Å²) < 4.78 is 0. The molecule has 0 saturated carbocycles. The Hall–Kier alpha value is -0.0431. The lowest BCUT2D eigenvalue weighted by molar-refractivity contribution is 0.835. The van der Waals surface area contributed by atoms with Gasteiger partial charge in [0.2, 0.25) is 0 Å². The molecule has 0 aromatic rings. The Morgan fingerprint density at radius 2 is 1.75 bits per heavy atom. The van der Waals surface area contributed by atoms with Crippen molar-refractivity contribution in [1.82, 2.24) is 0 Å². The lowest BCUT2D eigenvalue weighted by Crippen LogP contribution is -2.17. The molecule has 0 rings (SSSR count). The Balaban J connectivity index is 3.90. The Kier molecular flexibility index (Phi) is 2.48. The van der Waals surface area contributed by atoms with E-state index in [2.05, 4.69) is 39.6 Å². The molecule has 0 unspecified atom stereocenters. The highest BCUT2D eigenvalue weighted by atomic mass is 28.3. The van der Waals surface area contributed by atoms with E-state index < -0.39 is 8.80 Å². The molecule has 1 heteroatoms. The van der Waals surface area contributed by atoms with E-state index in [0.717, 1.165) is 0 Å². The minimum atomic E-state index is -0.498. The third-order valence-electron chi connectivity index (χ3n) is 2.01. The number of hydrogen-bond donors (Lipinski definition) is 0. The van der Waals surface area contributed by atoms with Gasteiger partial charge >= 0.3 is 0 Å². The lowest BCUT2D eigenvalue weighted by atomic mass is 10.2. The van der Waals surface area contributed by atoms with Gasteiger partial charge in [-0.1, -0.05) is 33.0 Å². The molecule has 0 spiro atoms. The van der Waals surface area contributed by atoms with E-state index in [1.165, 1.54) is 0 Å². The molecule has 0 fully saturated rings. The van der Waals surface area contributed by atoms with Gasteiger partial charge in [0.15, 0.2) is 0 Å². The smallest absolute Gasteiger partial charge is 0.0412 e. The zero-order valence-corrected chi connectivity index (χ0v) is 7.52. The maximum absolute atomic E-state index is 3.79. The molecular weight excluding hydrogens is 112 g/mol. The molecule has 0 aliphatic heterocycles. The van der Waals surface area contributed by atoms with Crippen molar-refractivity contribution in [2.45, 2.75) is 32.0 Å². The summed E-state index contributed by atoms with van der Waals surface area (Å²) >= 11 is 0. The molecule has 0 N–H and O–H groups in total. The molecule has 8 heavy (non-hydrogen) atoms. The minimum Gasteiger partial charge on any atom is -0.103 e. The zero-order chi connectivity index (χ0) is 6.78. The van der Waals surface area contributed by atoms with E-state index in [-0.39, 0.29) is 0 Å². The van der Waals surface area contributed by atoms with Crippen molar-refractivity contribution in [2.24, 2.45) is 0 Å². The third kappa shape index (κ3) is 1.82. The second kappa shape index (κ2) is 2.49.